The molecule has 0 saturated heterocycles. The maximum Gasteiger partial charge on any atom is 0.299 e. The van der Waals surface area contributed by atoms with Gasteiger partial charge in [0, 0.05) is 12.6 Å². The highest BCUT2D eigenvalue weighted by molar-refractivity contribution is 7.92. The van der Waals surface area contributed by atoms with E-state index in [1.165, 1.54) is 10.6 Å². The van der Waals surface area contributed by atoms with Crippen molar-refractivity contribution in [3.05, 3.63) is 23.8 Å². The normalized spacial score (nSPS) is 19.1. The summed E-state index contributed by atoms with van der Waals surface area (Å²) in [5.41, 5.74) is 1.90. The highest BCUT2D eigenvalue weighted by atomic mass is 32.2. The monoisotopic (exact) mass is 359 g/mol. The van der Waals surface area contributed by atoms with Crippen LogP contribution in [0.2, 0.25) is 0 Å². The number of nitrogens with zero attached hydrogens (tertiary/aromatic N) is 1. The Morgan fingerprint density at radius 2 is 1.83 bits per heavy atom. The number of hydrogen-bond acceptors (Lipinski definition) is 4. The summed E-state index contributed by atoms with van der Waals surface area (Å²) in [7, 11) is -6.91. The SMILES string of the molecule is CS(=O)(=O)N1CCc2cc(NS(=O)(=O)NC3CCCC3)ccc21. The molecule has 7 nitrogen and oxygen atoms in total. The van der Waals surface area contributed by atoms with E-state index in [2.05, 4.69) is 9.44 Å². The predicted molar refractivity (Wildman–Crippen MR) is 90.3 cm³/mol. The van der Waals surface area contributed by atoms with Crippen LogP contribution in [0.5, 0.6) is 0 Å². The Bertz CT molecular complexity index is 799. The van der Waals surface area contributed by atoms with Crippen LogP contribution in [-0.2, 0) is 26.7 Å². The summed E-state index contributed by atoms with van der Waals surface area (Å²) in [5, 5.41) is 0. The molecule has 0 atom stereocenters. The summed E-state index contributed by atoms with van der Waals surface area (Å²) >= 11 is 0. The molecule has 2 N–H and O–H groups in total. The van der Waals surface area contributed by atoms with Crippen LogP contribution in [0.15, 0.2) is 18.2 Å². The van der Waals surface area contributed by atoms with Gasteiger partial charge in [0.25, 0.3) is 10.2 Å². The van der Waals surface area contributed by atoms with Gasteiger partial charge < -0.3 is 0 Å². The highest BCUT2D eigenvalue weighted by Gasteiger charge is 2.27. The molecule has 2 aliphatic rings. The van der Waals surface area contributed by atoms with Crippen LogP contribution in [0.25, 0.3) is 0 Å². The van der Waals surface area contributed by atoms with Crippen molar-refractivity contribution in [3.8, 4) is 0 Å². The van der Waals surface area contributed by atoms with Gasteiger partial charge in [-0.25, -0.2) is 8.42 Å². The van der Waals surface area contributed by atoms with Crippen molar-refractivity contribution in [2.75, 3.05) is 21.8 Å². The van der Waals surface area contributed by atoms with Crippen LogP contribution in [-0.4, -0.2) is 35.7 Å². The fourth-order valence-electron chi connectivity index (χ4n) is 3.23. The Kier molecular flexibility index (Phi) is 4.28. The zero-order valence-corrected chi connectivity index (χ0v) is 14.6. The minimum absolute atomic E-state index is 0.00246. The Morgan fingerprint density at radius 1 is 1.13 bits per heavy atom. The lowest BCUT2D eigenvalue weighted by molar-refractivity contribution is 0.557. The van der Waals surface area contributed by atoms with Gasteiger partial charge in [-0.2, -0.15) is 13.1 Å². The molecule has 1 fully saturated rings. The second-order valence-electron chi connectivity index (χ2n) is 6.13. The molecule has 0 amide bonds. The van der Waals surface area contributed by atoms with E-state index in [0.717, 1.165) is 31.2 Å². The third kappa shape index (κ3) is 3.78. The van der Waals surface area contributed by atoms with Gasteiger partial charge in [0.2, 0.25) is 10.0 Å². The third-order valence-electron chi connectivity index (χ3n) is 4.26. The molecule has 23 heavy (non-hydrogen) atoms. The van der Waals surface area contributed by atoms with Crippen molar-refractivity contribution >= 4 is 31.6 Å². The molecule has 128 valence electrons. The average Bonchev–Trinajstić information content (AvgIpc) is 3.05. The maximum atomic E-state index is 12.2. The van der Waals surface area contributed by atoms with E-state index in [-0.39, 0.29) is 6.04 Å². The molecule has 1 aliphatic carbocycles. The van der Waals surface area contributed by atoms with E-state index in [0.29, 0.717) is 24.3 Å². The first-order valence-electron chi connectivity index (χ1n) is 7.65. The molecule has 1 aliphatic heterocycles. The quantitative estimate of drug-likeness (QED) is 0.826. The zero-order valence-electron chi connectivity index (χ0n) is 12.9. The largest absolute Gasteiger partial charge is 0.299 e. The zero-order chi connectivity index (χ0) is 16.7. The summed E-state index contributed by atoms with van der Waals surface area (Å²) in [6.45, 7) is 0.394. The van der Waals surface area contributed by atoms with Crippen molar-refractivity contribution in [1.29, 1.82) is 0 Å². The van der Waals surface area contributed by atoms with Crippen LogP contribution in [0.4, 0.5) is 11.4 Å². The van der Waals surface area contributed by atoms with Crippen LogP contribution >= 0.6 is 0 Å². The molecule has 1 aromatic rings. The summed E-state index contributed by atoms with van der Waals surface area (Å²) < 4.78 is 54.2. The van der Waals surface area contributed by atoms with Gasteiger partial charge in [-0.1, -0.05) is 12.8 Å². The van der Waals surface area contributed by atoms with E-state index in [1.807, 2.05) is 0 Å². The number of rotatable bonds is 5. The first-order valence-corrected chi connectivity index (χ1v) is 11.0. The fraction of sp³-hybridized carbons (Fsp3) is 0.571. The molecular weight excluding hydrogens is 338 g/mol. The topological polar surface area (TPSA) is 95.6 Å². The Hall–Kier alpha value is -1.32. The van der Waals surface area contributed by atoms with Crippen molar-refractivity contribution in [1.82, 2.24) is 4.72 Å². The van der Waals surface area contributed by atoms with E-state index >= 15 is 0 Å². The van der Waals surface area contributed by atoms with E-state index in [4.69, 9.17) is 0 Å². The lowest BCUT2D eigenvalue weighted by Gasteiger charge is -2.17. The van der Waals surface area contributed by atoms with Crippen LogP contribution < -0.4 is 13.7 Å². The second-order valence-corrected chi connectivity index (χ2v) is 9.49. The second kappa shape index (κ2) is 5.95. The van der Waals surface area contributed by atoms with Crippen molar-refractivity contribution in [2.24, 2.45) is 0 Å². The smallest absolute Gasteiger partial charge is 0.271 e. The fourth-order valence-corrected chi connectivity index (χ4v) is 5.36. The standard InChI is InChI=1S/C14H21N3O4S2/c1-22(18,19)17-9-8-11-10-13(6-7-14(11)17)16-23(20,21)15-12-4-2-3-5-12/h6-7,10,12,15-16H,2-5,8-9H2,1H3. The lowest BCUT2D eigenvalue weighted by Crippen LogP contribution is -2.37. The molecule has 3 rings (SSSR count). The van der Waals surface area contributed by atoms with Crippen LogP contribution in [0, 0.1) is 0 Å². The number of anilines is 2. The molecule has 9 heteroatoms. The highest BCUT2D eigenvalue weighted by Crippen LogP contribution is 2.32. The average molecular weight is 359 g/mol. The number of nitrogens with one attached hydrogen (secondary N) is 2. The molecule has 1 aromatic carbocycles. The van der Waals surface area contributed by atoms with Crippen LogP contribution in [0.1, 0.15) is 31.2 Å². The number of sulfonamides is 1. The van der Waals surface area contributed by atoms with Crippen molar-refractivity contribution in [3.63, 3.8) is 0 Å². The Balaban J connectivity index is 1.75. The van der Waals surface area contributed by atoms with E-state index < -0.39 is 20.2 Å². The predicted octanol–water partition coefficient (Wildman–Crippen LogP) is 1.20. The van der Waals surface area contributed by atoms with Gasteiger partial charge in [-0.05, 0) is 43.0 Å². The molecule has 0 bridgehead atoms. The Morgan fingerprint density at radius 3 is 2.48 bits per heavy atom. The van der Waals surface area contributed by atoms with Crippen LogP contribution in [0.3, 0.4) is 0 Å². The van der Waals surface area contributed by atoms with E-state index in [9.17, 15) is 16.8 Å². The third-order valence-corrected chi connectivity index (χ3v) is 6.59. The number of hydrogen-bond donors (Lipinski definition) is 2. The summed E-state index contributed by atoms with van der Waals surface area (Å²) in [4.78, 5) is 0. The van der Waals surface area contributed by atoms with Gasteiger partial charge in [0.05, 0.1) is 17.6 Å². The van der Waals surface area contributed by atoms with E-state index in [1.54, 1.807) is 18.2 Å². The molecule has 0 radical (unpaired) electrons. The summed E-state index contributed by atoms with van der Waals surface area (Å²) in [6.07, 6.45) is 5.59. The summed E-state index contributed by atoms with van der Waals surface area (Å²) in [6, 6.07) is 4.95. The molecule has 0 spiro atoms. The minimum atomic E-state index is -3.61. The van der Waals surface area contributed by atoms with Gasteiger partial charge in [0.1, 0.15) is 0 Å². The molecular formula is C14H21N3O4S2. The van der Waals surface area contributed by atoms with Gasteiger partial charge >= 0.3 is 0 Å². The van der Waals surface area contributed by atoms with Gasteiger partial charge in [-0.15, -0.1) is 0 Å². The number of benzene rings is 1. The lowest BCUT2D eigenvalue weighted by atomic mass is 10.1. The molecule has 1 saturated carbocycles. The van der Waals surface area contributed by atoms with Gasteiger partial charge in [-0.3, -0.25) is 9.03 Å². The van der Waals surface area contributed by atoms with Gasteiger partial charge in [0.15, 0.2) is 0 Å². The number of fused-ring (bicyclic) bond motifs is 1. The first-order chi connectivity index (χ1) is 10.7. The Labute approximate surface area is 137 Å². The van der Waals surface area contributed by atoms with Crippen molar-refractivity contribution in [2.45, 2.75) is 38.1 Å². The first kappa shape index (κ1) is 16.5. The molecule has 0 aromatic heterocycles. The molecule has 0 unspecified atom stereocenters. The molecule has 1 heterocycles. The summed E-state index contributed by atoms with van der Waals surface area (Å²) in [5.74, 6) is 0. The maximum absolute atomic E-state index is 12.2. The van der Waals surface area contributed by atoms with Crippen molar-refractivity contribution < 1.29 is 16.8 Å². The minimum Gasteiger partial charge on any atom is -0.271 e.